The van der Waals surface area contributed by atoms with E-state index in [9.17, 15) is 4.79 Å². The van der Waals surface area contributed by atoms with E-state index in [1.165, 1.54) is 5.56 Å². The summed E-state index contributed by atoms with van der Waals surface area (Å²) in [6.07, 6.45) is 1.32. The van der Waals surface area contributed by atoms with Crippen LogP contribution >= 0.6 is 0 Å². The van der Waals surface area contributed by atoms with Gasteiger partial charge in [0, 0.05) is 32.7 Å². The van der Waals surface area contributed by atoms with Gasteiger partial charge in [-0.2, -0.15) is 0 Å². The first-order valence-electron chi connectivity index (χ1n) is 9.97. The normalized spacial score (nSPS) is 14.5. The zero-order chi connectivity index (χ0) is 20.6. The van der Waals surface area contributed by atoms with Crippen LogP contribution in [0.3, 0.4) is 0 Å². The number of ether oxygens (including phenoxy) is 3. The molecule has 0 unspecified atom stereocenters. The molecule has 29 heavy (non-hydrogen) atoms. The van der Waals surface area contributed by atoms with Crippen LogP contribution in [0.4, 0.5) is 0 Å². The summed E-state index contributed by atoms with van der Waals surface area (Å²) < 4.78 is 16.0. The second kappa shape index (κ2) is 10.2. The summed E-state index contributed by atoms with van der Waals surface area (Å²) in [4.78, 5) is 17.1. The number of carbonyl (C=O) groups is 1. The Morgan fingerprint density at radius 2 is 1.55 bits per heavy atom. The first-order valence-corrected chi connectivity index (χ1v) is 9.97. The summed E-state index contributed by atoms with van der Waals surface area (Å²) in [5.41, 5.74) is 2.16. The highest BCUT2D eigenvalue weighted by atomic mass is 16.5. The molecule has 0 radical (unpaired) electrons. The Labute approximate surface area is 173 Å². The Bertz CT molecular complexity index is 816. The fourth-order valence-corrected chi connectivity index (χ4v) is 3.69. The van der Waals surface area contributed by atoms with Crippen molar-refractivity contribution in [3.8, 4) is 17.2 Å². The van der Waals surface area contributed by atoms with Gasteiger partial charge in [0.05, 0.1) is 27.8 Å². The van der Waals surface area contributed by atoms with E-state index in [4.69, 9.17) is 14.2 Å². The lowest BCUT2D eigenvalue weighted by atomic mass is 10.1. The molecular weight excluding hydrogens is 368 g/mol. The molecule has 1 heterocycles. The van der Waals surface area contributed by atoms with Gasteiger partial charge in [0.25, 0.3) is 0 Å². The number of nitrogens with zero attached hydrogens (tertiary/aromatic N) is 2. The third-order valence-corrected chi connectivity index (χ3v) is 5.42. The third-order valence-electron chi connectivity index (χ3n) is 5.42. The van der Waals surface area contributed by atoms with E-state index in [0.717, 1.165) is 50.5 Å². The highest BCUT2D eigenvalue weighted by molar-refractivity contribution is 5.79. The summed E-state index contributed by atoms with van der Waals surface area (Å²) in [5.74, 6) is 2.42. The van der Waals surface area contributed by atoms with Crippen LogP contribution in [0.5, 0.6) is 17.2 Å². The smallest absolute Gasteiger partial charge is 0.227 e. The lowest BCUT2D eigenvalue weighted by Gasteiger charge is -2.35. The number of carbonyl (C=O) groups excluding carboxylic acids is 1. The molecule has 6 heteroatoms. The first kappa shape index (κ1) is 21.0. The van der Waals surface area contributed by atoms with E-state index in [1.54, 1.807) is 21.3 Å². The molecule has 0 saturated carbocycles. The zero-order valence-electron chi connectivity index (χ0n) is 17.5. The van der Waals surface area contributed by atoms with Crippen molar-refractivity contribution in [2.24, 2.45) is 0 Å². The molecule has 0 atom stereocenters. The molecule has 0 spiro atoms. The lowest BCUT2D eigenvalue weighted by Crippen LogP contribution is -2.49. The van der Waals surface area contributed by atoms with Gasteiger partial charge in [0.2, 0.25) is 5.91 Å². The second-order valence-electron chi connectivity index (χ2n) is 7.15. The number of rotatable bonds is 8. The summed E-state index contributed by atoms with van der Waals surface area (Å²) >= 11 is 0. The Balaban J connectivity index is 1.48. The van der Waals surface area contributed by atoms with E-state index in [2.05, 4.69) is 11.0 Å². The SMILES string of the molecule is COc1ccccc1CCN1CCN(C(=O)Cc2ccc(OC)c(OC)c2)CC1. The number of piperazine rings is 1. The molecule has 2 aromatic rings. The van der Waals surface area contributed by atoms with Crippen LogP contribution < -0.4 is 14.2 Å². The molecule has 1 saturated heterocycles. The molecule has 1 aliphatic heterocycles. The summed E-state index contributed by atoms with van der Waals surface area (Å²) in [6, 6.07) is 13.8. The van der Waals surface area contributed by atoms with Crippen molar-refractivity contribution < 1.29 is 19.0 Å². The van der Waals surface area contributed by atoms with Crippen LogP contribution in [-0.4, -0.2) is 69.8 Å². The van der Waals surface area contributed by atoms with Crippen LogP contribution in [0, 0.1) is 0 Å². The highest BCUT2D eigenvalue weighted by Gasteiger charge is 2.21. The van der Waals surface area contributed by atoms with E-state index in [-0.39, 0.29) is 5.91 Å². The standard InChI is InChI=1S/C23H30N2O4/c1-27-20-7-5-4-6-19(20)10-11-24-12-14-25(15-13-24)23(26)17-18-8-9-21(28-2)22(16-18)29-3/h4-9,16H,10-15,17H2,1-3H3. The van der Waals surface area contributed by atoms with E-state index in [0.29, 0.717) is 17.9 Å². The van der Waals surface area contributed by atoms with Gasteiger partial charge in [-0.1, -0.05) is 24.3 Å². The average Bonchev–Trinajstić information content (AvgIpc) is 2.78. The zero-order valence-corrected chi connectivity index (χ0v) is 17.5. The largest absolute Gasteiger partial charge is 0.496 e. The second-order valence-corrected chi connectivity index (χ2v) is 7.15. The number of methoxy groups -OCH3 is 3. The van der Waals surface area contributed by atoms with Crippen LogP contribution in [0.1, 0.15) is 11.1 Å². The predicted molar refractivity (Wildman–Crippen MR) is 113 cm³/mol. The molecular formula is C23H30N2O4. The van der Waals surface area contributed by atoms with Gasteiger partial charge in [-0.05, 0) is 35.7 Å². The predicted octanol–water partition coefficient (Wildman–Crippen LogP) is 2.64. The number of para-hydroxylation sites is 1. The number of hydrogen-bond donors (Lipinski definition) is 0. The highest BCUT2D eigenvalue weighted by Crippen LogP contribution is 2.28. The van der Waals surface area contributed by atoms with E-state index < -0.39 is 0 Å². The molecule has 156 valence electrons. The maximum Gasteiger partial charge on any atom is 0.227 e. The van der Waals surface area contributed by atoms with Gasteiger partial charge in [-0.25, -0.2) is 0 Å². The summed E-state index contributed by atoms with van der Waals surface area (Å²) in [7, 11) is 4.92. The number of benzene rings is 2. The van der Waals surface area contributed by atoms with Crippen molar-refractivity contribution in [1.29, 1.82) is 0 Å². The van der Waals surface area contributed by atoms with Gasteiger partial charge in [-0.3, -0.25) is 9.69 Å². The minimum Gasteiger partial charge on any atom is -0.496 e. The van der Waals surface area contributed by atoms with E-state index in [1.807, 2.05) is 41.3 Å². The fourth-order valence-electron chi connectivity index (χ4n) is 3.69. The van der Waals surface area contributed by atoms with Crippen molar-refractivity contribution in [3.63, 3.8) is 0 Å². The van der Waals surface area contributed by atoms with Gasteiger partial charge >= 0.3 is 0 Å². The van der Waals surface area contributed by atoms with Gasteiger partial charge in [0.15, 0.2) is 11.5 Å². The minimum absolute atomic E-state index is 0.154. The maximum atomic E-state index is 12.7. The van der Waals surface area contributed by atoms with Gasteiger partial charge in [0.1, 0.15) is 5.75 Å². The van der Waals surface area contributed by atoms with Crippen LogP contribution in [0.15, 0.2) is 42.5 Å². The quantitative estimate of drug-likeness (QED) is 0.684. The van der Waals surface area contributed by atoms with Crippen molar-refractivity contribution in [2.75, 3.05) is 54.1 Å². The molecule has 1 fully saturated rings. The van der Waals surface area contributed by atoms with Gasteiger partial charge < -0.3 is 19.1 Å². The Hall–Kier alpha value is -2.73. The lowest BCUT2D eigenvalue weighted by molar-refractivity contribution is -0.132. The minimum atomic E-state index is 0.154. The van der Waals surface area contributed by atoms with Gasteiger partial charge in [-0.15, -0.1) is 0 Å². The van der Waals surface area contributed by atoms with E-state index >= 15 is 0 Å². The summed E-state index contributed by atoms with van der Waals surface area (Å²) in [6.45, 7) is 4.29. The van der Waals surface area contributed by atoms with Crippen LogP contribution in [-0.2, 0) is 17.6 Å². The molecule has 0 N–H and O–H groups in total. The monoisotopic (exact) mass is 398 g/mol. The topological polar surface area (TPSA) is 51.2 Å². The van der Waals surface area contributed by atoms with Crippen molar-refractivity contribution in [3.05, 3.63) is 53.6 Å². The average molecular weight is 399 g/mol. The molecule has 3 rings (SSSR count). The molecule has 1 amide bonds. The fraction of sp³-hybridized carbons (Fsp3) is 0.435. The van der Waals surface area contributed by atoms with Crippen molar-refractivity contribution in [1.82, 2.24) is 9.80 Å². The molecule has 2 aromatic carbocycles. The molecule has 1 aliphatic rings. The Morgan fingerprint density at radius 1 is 0.862 bits per heavy atom. The van der Waals surface area contributed by atoms with Crippen molar-refractivity contribution in [2.45, 2.75) is 12.8 Å². The number of amides is 1. The summed E-state index contributed by atoms with van der Waals surface area (Å²) in [5, 5.41) is 0. The Kier molecular flexibility index (Phi) is 7.36. The maximum absolute atomic E-state index is 12.7. The van der Waals surface area contributed by atoms with Crippen molar-refractivity contribution >= 4 is 5.91 Å². The van der Waals surface area contributed by atoms with Crippen LogP contribution in [0.2, 0.25) is 0 Å². The molecule has 0 aromatic heterocycles. The van der Waals surface area contributed by atoms with Crippen LogP contribution in [0.25, 0.3) is 0 Å². The first-order chi connectivity index (χ1) is 14.1. The Morgan fingerprint density at radius 3 is 2.24 bits per heavy atom. The number of hydrogen-bond acceptors (Lipinski definition) is 5. The third kappa shape index (κ3) is 5.41. The molecule has 0 aliphatic carbocycles. The molecule has 0 bridgehead atoms. The molecule has 6 nitrogen and oxygen atoms in total.